The molecule has 0 saturated carbocycles. The topological polar surface area (TPSA) is 38.9 Å². The molecule has 0 radical (unpaired) electrons. The molecule has 0 unspecified atom stereocenters. The van der Waals surface area contributed by atoms with Crippen LogP contribution in [0.25, 0.3) is 76.8 Å². The second-order valence-electron chi connectivity index (χ2n) is 11.2. The van der Waals surface area contributed by atoms with Crippen LogP contribution in [0.3, 0.4) is 0 Å². The Hall–Kier alpha value is -5.57. The van der Waals surface area contributed by atoms with E-state index in [0.717, 1.165) is 5.69 Å². The maximum Gasteiger partial charge on any atom is 0.0450 e. The number of rotatable bonds is 4. The molecule has 2 heteroatoms. The van der Waals surface area contributed by atoms with Gasteiger partial charge in [0.15, 0.2) is 0 Å². The summed E-state index contributed by atoms with van der Waals surface area (Å²) in [7, 11) is 1.50. The van der Waals surface area contributed by atoms with Crippen molar-refractivity contribution >= 4 is 32.3 Å². The average Bonchev–Trinajstić information content (AvgIpc) is 3.11. The van der Waals surface area contributed by atoms with Gasteiger partial charge in [0.05, 0.1) is 0 Å². The summed E-state index contributed by atoms with van der Waals surface area (Å²) < 4.78 is 0. The molecule has 0 aliphatic heterocycles. The van der Waals surface area contributed by atoms with Gasteiger partial charge >= 0.3 is 0 Å². The van der Waals surface area contributed by atoms with Crippen LogP contribution >= 0.6 is 0 Å². The largest absolute Gasteiger partial charge is 0.333 e. The van der Waals surface area contributed by atoms with E-state index in [1.54, 1.807) is 0 Å². The van der Waals surface area contributed by atoms with Crippen molar-refractivity contribution in [2.75, 3.05) is 7.05 Å². The lowest BCUT2D eigenvalue weighted by molar-refractivity contribution is 1.20. The van der Waals surface area contributed by atoms with Crippen LogP contribution in [0.4, 0.5) is 0 Å². The molecule has 2 N–H and O–H groups in total. The van der Waals surface area contributed by atoms with E-state index in [1.807, 2.05) is 12.3 Å². The smallest absolute Gasteiger partial charge is 0.0450 e. The van der Waals surface area contributed by atoms with Crippen molar-refractivity contribution in [2.45, 2.75) is 6.92 Å². The van der Waals surface area contributed by atoms with Gasteiger partial charge in [-0.15, -0.1) is 0 Å². The number of hydrogen-bond donors (Lipinski definition) is 1. The molecule has 7 aromatic carbocycles. The van der Waals surface area contributed by atoms with Crippen molar-refractivity contribution in [3.8, 4) is 44.5 Å². The third-order valence-electron chi connectivity index (χ3n) is 8.66. The van der Waals surface area contributed by atoms with E-state index in [1.165, 1.54) is 83.9 Å². The number of nitrogens with zero attached hydrogens (tertiary/aromatic N) is 1. The van der Waals surface area contributed by atoms with Crippen LogP contribution in [0.5, 0.6) is 0 Å². The van der Waals surface area contributed by atoms with Gasteiger partial charge in [-0.3, -0.25) is 4.98 Å². The fourth-order valence-corrected chi connectivity index (χ4v) is 6.58. The minimum Gasteiger partial charge on any atom is -0.333 e. The Morgan fingerprint density at radius 2 is 0.911 bits per heavy atom. The van der Waals surface area contributed by atoms with E-state index < -0.39 is 0 Å². The molecule has 0 aliphatic rings. The lowest BCUT2D eigenvalue weighted by atomic mass is 9.85. The number of hydrogen-bond acceptors (Lipinski definition) is 2. The van der Waals surface area contributed by atoms with Crippen molar-refractivity contribution in [1.82, 2.24) is 4.98 Å². The molecule has 0 amide bonds. The Bertz CT molecular complexity index is 2240. The first-order chi connectivity index (χ1) is 22.2. The van der Waals surface area contributed by atoms with E-state index in [2.05, 4.69) is 163 Å². The zero-order valence-corrected chi connectivity index (χ0v) is 25.5. The molecule has 0 atom stereocenters. The Morgan fingerprint density at radius 1 is 0.400 bits per heavy atom. The van der Waals surface area contributed by atoms with Gasteiger partial charge in [0.2, 0.25) is 0 Å². The molecule has 0 fully saturated rings. The average molecular weight is 579 g/mol. The minimum atomic E-state index is 1.04. The summed E-state index contributed by atoms with van der Waals surface area (Å²) in [6, 6.07) is 55.2. The second-order valence-corrected chi connectivity index (χ2v) is 11.2. The van der Waals surface area contributed by atoms with Crippen LogP contribution in [0.15, 0.2) is 158 Å². The van der Waals surface area contributed by atoms with Gasteiger partial charge in [-0.1, -0.05) is 133 Å². The van der Waals surface area contributed by atoms with Crippen LogP contribution < -0.4 is 5.73 Å². The molecule has 2 nitrogen and oxygen atoms in total. The molecule has 0 bridgehead atoms. The fraction of sp³-hybridized carbons (Fsp3) is 0.0465. The highest BCUT2D eigenvalue weighted by atomic mass is 14.7. The fourth-order valence-electron chi connectivity index (χ4n) is 6.58. The number of pyridine rings is 1. The molecule has 0 saturated heterocycles. The van der Waals surface area contributed by atoms with Crippen molar-refractivity contribution < 1.29 is 0 Å². The first-order valence-electron chi connectivity index (χ1n) is 15.4. The van der Waals surface area contributed by atoms with Crippen LogP contribution in [-0.4, -0.2) is 12.0 Å². The van der Waals surface area contributed by atoms with E-state index >= 15 is 0 Å². The molecule has 0 aliphatic carbocycles. The maximum atomic E-state index is 4.50. The molecule has 45 heavy (non-hydrogen) atoms. The van der Waals surface area contributed by atoms with E-state index in [0.29, 0.717) is 0 Å². The van der Waals surface area contributed by atoms with Gasteiger partial charge < -0.3 is 5.73 Å². The highest BCUT2D eigenvalue weighted by molar-refractivity contribution is 6.21. The predicted molar refractivity (Wildman–Crippen MR) is 193 cm³/mol. The number of aryl methyl sites for hydroxylation is 1. The summed E-state index contributed by atoms with van der Waals surface area (Å²) in [5.41, 5.74) is 15.4. The Balaban J connectivity index is 0.00000160. The first kappa shape index (κ1) is 28.2. The van der Waals surface area contributed by atoms with E-state index in [-0.39, 0.29) is 0 Å². The summed E-state index contributed by atoms with van der Waals surface area (Å²) in [5, 5.41) is 7.60. The van der Waals surface area contributed by atoms with Crippen molar-refractivity contribution in [1.29, 1.82) is 0 Å². The summed E-state index contributed by atoms with van der Waals surface area (Å²) in [6.07, 6.45) is 1.85. The van der Waals surface area contributed by atoms with Gasteiger partial charge in [-0.2, -0.15) is 0 Å². The third-order valence-corrected chi connectivity index (χ3v) is 8.66. The predicted octanol–water partition coefficient (Wildman–Crippen LogP) is 11.1. The Kier molecular flexibility index (Phi) is 7.65. The summed E-state index contributed by atoms with van der Waals surface area (Å²) in [4.78, 5) is 4.47. The summed E-state index contributed by atoms with van der Waals surface area (Å²) >= 11 is 0. The number of aromatic nitrogens is 1. The Labute approximate surface area is 264 Å². The minimum absolute atomic E-state index is 1.04. The number of fused-ring (bicyclic) bond motifs is 3. The lowest BCUT2D eigenvalue weighted by Gasteiger charge is -2.18. The molecule has 8 aromatic rings. The third kappa shape index (κ3) is 5.16. The van der Waals surface area contributed by atoms with Gasteiger partial charge in [0, 0.05) is 17.5 Å². The molecule has 0 spiro atoms. The zero-order chi connectivity index (χ0) is 30.8. The number of benzene rings is 7. The first-order valence-corrected chi connectivity index (χ1v) is 15.4. The van der Waals surface area contributed by atoms with Gasteiger partial charge in [-0.05, 0) is 103 Å². The molecule has 8 rings (SSSR count). The highest BCUT2D eigenvalue weighted by Crippen LogP contribution is 2.44. The monoisotopic (exact) mass is 578 g/mol. The molecule has 1 heterocycles. The Morgan fingerprint density at radius 3 is 1.53 bits per heavy atom. The quantitative estimate of drug-likeness (QED) is 0.211. The maximum absolute atomic E-state index is 4.50. The molecular weight excluding hydrogens is 544 g/mol. The summed E-state index contributed by atoms with van der Waals surface area (Å²) in [6.45, 7) is 2.06. The van der Waals surface area contributed by atoms with E-state index in [4.69, 9.17) is 0 Å². The van der Waals surface area contributed by atoms with Gasteiger partial charge in [-0.25, -0.2) is 0 Å². The van der Waals surface area contributed by atoms with Crippen molar-refractivity contribution in [2.24, 2.45) is 5.73 Å². The number of nitrogens with two attached hydrogens (primary N) is 1. The van der Waals surface area contributed by atoms with E-state index in [9.17, 15) is 0 Å². The lowest BCUT2D eigenvalue weighted by Crippen LogP contribution is -1.91. The molecular formula is C43H34N2. The van der Waals surface area contributed by atoms with Crippen LogP contribution in [-0.2, 0) is 0 Å². The standard InChI is InChI=1S/C42H29N.CH5N/c1-28-36(18-9-25-43-28)31-22-19-30(20-23-31)33-12-8-13-34(26-33)41-37-14-4-6-16-39(37)42(40-17-7-5-15-38(40)41)35-24-21-29-10-2-3-11-32(29)27-35;1-2/h2-27H,1H3;2H2,1H3. The van der Waals surface area contributed by atoms with Crippen LogP contribution in [0, 0.1) is 6.92 Å². The van der Waals surface area contributed by atoms with Crippen molar-refractivity contribution in [3.05, 3.63) is 164 Å². The van der Waals surface area contributed by atoms with Crippen LogP contribution in [0.2, 0.25) is 0 Å². The van der Waals surface area contributed by atoms with Gasteiger partial charge in [0.25, 0.3) is 0 Å². The highest BCUT2D eigenvalue weighted by Gasteiger charge is 2.17. The van der Waals surface area contributed by atoms with Gasteiger partial charge in [0.1, 0.15) is 0 Å². The second kappa shape index (κ2) is 12.2. The van der Waals surface area contributed by atoms with Crippen LogP contribution in [0.1, 0.15) is 5.69 Å². The van der Waals surface area contributed by atoms with Crippen molar-refractivity contribution in [3.63, 3.8) is 0 Å². The molecule has 1 aromatic heterocycles. The molecule has 216 valence electrons. The SMILES string of the molecule is CN.Cc1ncccc1-c1ccc(-c2cccc(-c3c4ccccc4c(-c4ccc5ccccc5c4)c4ccccc34)c2)cc1. The summed E-state index contributed by atoms with van der Waals surface area (Å²) in [5.74, 6) is 0. The normalized spacial score (nSPS) is 11.0. The zero-order valence-electron chi connectivity index (χ0n) is 25.5.